The van der Waals surface area contributed by atoms with Crippen LogP contribution in [-0.4, -0.2) is 57.7 Å². The molecule has 5 rings (SSSR count). The molecule has 2 saturated carbocycles. The number of aliphatic hydroxyl groups is 1. The van der Waals surface area contributed by atoms with E-state index in [9.17, 15) is 33.1 Å². The first-order valence-corrected chi connectivity index (χ1v) is 13.7. The van der Waals surface area contributed by atoms with Crippen molar-refractivity contribution in [3.05, 3.63) is 59.9 Å². The number of rotatable bonds is 7. The summed E-state index contributed by atoms with van der Waals surface area (Å²) >= 11 is 0. The van der Waals surface area contributed by atoms with Crippen LogP contribution in [0.5, 0.6) is 0 Å². The maximum Gasteiger partial charge on any atom is 0.398 e. The topological polar surface area (TPSA) is 110 Å². The SMILES string of the molecule is N#CN1CC(O)CC1C(=O)N(c1ccc(C2(C(F)(F)F)CC2)cc1)C(C(=O)NC1CCCCC1)c1cccnc1. The summed E-state index contributed by atoms with van der Waals surface area (Å²) in [7, 11) is 0. The molecule has 1 aromatic heterocycles. The summed E-state index contributed by atoms with van der Waals surface area (Å²) in [5.41, 5.74) is -1.15. The molecule has 0 spiro atoms. The zero-order chi connectivity index (χ0) is 28.5. The number of aromatic nitrogens is 1. The molecule has 2 N–H and O–H groups in total. The molecule has 2 aromatic rings. The fraction of sp³-hybridized carbons (Fsp3) is 0.517. The van der Waals surface area contributed by atoms with Crippen molar-refractivity contribution in [2.45, 2.75) is 87.2 Å². The Morgan fingerprint density at radius 2 is 1.85 bits per heavy atom. The van der Waals surface area contributed by atoms with Gasteiger partial charge in [0, 0.05) is 36.1 Å². The summed E-state index contributed by atoms with van der Waals surface area (Å²) in [6.45, 7) is -0.0282. The molecule has 2 amide bonds. The number of carbonyl (C=O) groups excluding carboxylic acids is 2. The van der Waals surface area contributed by atoms with E-state index in [1.165, 1.54) is 46.5 Å². The molecule has 3 aliphatic rings. The number of benzene rings is 1. The Bertz CT molecular complexity index is 1250. The summed E-state index contributed by atoms with van der Waals surface area (Å²) < 4.78 is 41.4. The minimum Gasteiger partial charge on any atom is -0.391 e. The van der Waals surface area contributed by atoms with Gasteiger partial charge in [-0.1, -0.05) is 37.5 Å². The number of nitriles is 1. The summed E-state index contributed by atoms with van der Waals surface area (Å²) in [5.74, 6) is -1.04. The molecule has 3 unspecified atom stereocenters. The minimum absolute atomic E-state index is 0.00229. The number of aliphatic hydroxyl groups excluding tert-OH is 1. The third-order valence-electron chi connectivity index (χ3n) is 8.38. The number of nitrogens with one attached hydrogen (secondary N) is 1. The van der Waals surface area contributed by atoms with E-state index in [1.54, 1.807) is 12.1 Å². The summed E-state index contributed by atoms with van der Waals surface area (Å²) in [6.07, 6.45) is 4.31. The van der Waals surface area contributed by atoms with Gasteiger partial charge in [0.2, 0.25) is 5.91 Å². The van der Waals surface area contributed by atoms with E-state index in [0.717, 1.165) is 32.1 Å². The van der Waals surface area contributed by atoms with Gasteiger partial charge in [-0.2, -0.15) is 18.4 Å². The molecule has 3 atom stereocenters. The molecule has 1 aromatic carbocycles. The number of likely N-dealkylation sites (tertiary alicyclic amines) is 1. The van der Waals surface area contributed by atoms with Crippen molar-refractivity contribution in [2.24, 2.45) is 0 Å². The highest BCUT2D eigenvalue weighted by Crippen LogP contribution is 2.59. The Morgan fingerprint density at radius 1 is 1.15 bits per heavy atom. The number of halogens is 3. The Balaban J connectivity index is 1.56. The second-order valence-electron chi connectivity index (χ2n) is 11.0. The second-order valence-corrected chi connectivity index (χ2v) is 11.0. The molecule has 2 aliphatic carbocycles. The van der Waals surface area contributed by atoms with Gasteiger partial charge >= 0.3 is 6.18 Å². The van der Waals surface area contributed by atoms with Crippen LogP contribution < -0.4 is 10.2 Å². The molecule has 0 bridgehead atoms. The Labute approximate surface area is 230 Å². The highest BCUT2D eigenvalue weighted by Gasteiger charge is 2.64. The normalized spacial score (nSPS) is 23.2. The largest absolute Gasteiger partial charge is 0.398 e. The van der Waals surface area contributed by atoms with Crippen LogP contribution in [0.1, 0.15) is 68.5 Å². The predicted molar refractivity (Wildman–Crippen MR) is 140 cm³/mol. The number of pyridine rings is 1. The minimum atomic E-state index is -4.39. The van der Waals surface area contributed by atoms with Gasteiger partial charge in [-0.25, -0.2) is 0 Å². The molecular weight excluding hydrogens is 523 g/mol. The lowest BCUT2D eigenvalue weighted by atomic mass is 9.93. The van der Waals surface area contributed by atoms with Gasteiger partial charge in [0.15, 0.2) is 6.19 Å². The van der Waals surface area contributed by atoms with Gasteiger partial charge in [0.05, 0.1) is 18.1 Å². The van der Waals surface area contributed by atoms with Crippen molar-refractivity contribution in [1.29, 1.82) is 5.26 Å². The number of nitrogens with zero attached hydrogens (tertiary/aromatic N) is 4. The standard InChI is InChI=1S/C29H32F3N5O3/c30-29(31,32)28(12-13-28)20-8-10-22(11-9-20)37(27(40)24-15-23(38)17-36(24)18-33)25(19-5-4-14-34-16-19)26(39)35-21-6-2-1-3-7-21/h4-5,8-11,14,16,21,23-25,38H,1-3,6-7,12-13,15,17H2,(H,35,39). The number of hydrogen-bond acceptors (Lipinski definition) is 6. The molecule has 11 heteroatoms. The Hall–Kier alpha value is -3.65. The van der Waals surface area contributed by atoms with Gasteiger partial charge in [-0.3, -0.25) is 24.4 Å². The molecule has 3 fully saturated rings. The van der Waals surface area contributed by atoms with E-state index in [2.05, 4.69) is 10.3 Å². The van der Waals surface area contributed by atoms with Crippen LogP contribution in [0.4, 0.5) is 18.9 Å². The zero-order valence-electron chi connectivity index (χ0n) is 22.0. The van der Waals surface area contributed by atoms with E-state index in [1.807, 2.05) is 6.19 Å². The number of β-amino-alcohol motifs (C(OH)–C–C–N with tert-alkyl or cyclic N) is 1. The first-order valence-electron chi connectivity index (χ1n) is 13.7. The molecule has 1 saturated heterocycles. The van der Waals surface area contributed by atoms with E-state index in [4.69, 9.17) is 0 Å². The smallest absolute Gasteiger partial charge is 0.391 e. The van der Waals surface area contributed by atoms with Gasteiger partial charge < -0.3 is 10.4 Å². The molecular formula is C29H32F3N5O3. The number of alkyl halides is 3. The van der Waals surface area contributed by atoms with Crippen molar-refractivity contribution in [3.8, 4) is 6.19 Å². The van der Waals surface area contributed by atoms with E-state index >= 15 is 0 Å². The zero-order valence-corrected chi connectivity index (χ0v) is 22.0. The van der Waals surface area contributed by atoms with Crippen molar-refractivity contribution in [1.82, 2.24) is 15.2 Å². The monoisotopic (exact) mass is 555 g/mol. The van der Waals surface area contributed by atoms with Crippen molar-refractivity contribution in [3.63, 3.8) is 0 Å². The summed E-state index contributed by atoms with van der Waals surface area (Å²) in [5, 5.41) is 23.0. The third-order valence-corrected chi connectivity index (χ3v) is 8.38. The van der Waals surface area contributed by atoms with Gasteiger partial charge in [-0.05, 0) is 49.4 Å². The number of hydrogen-bond donors (Lipinski definition) is 2. The average molecular weight is 556 g/mol. The van der Waals surface area contributed by atoms with Crippen molar-refractivity contribution in [2.75, 3.05) is 11.4 Å². The maximum absolute atomic E-state index is 14.2. The lowest BCUT2D eigenvalue weighted by Crippen LogP contribution is -2.51. The molecule has 1 aliphatic heterocycles. The van der Waals surface area contributed by atoms with Crippen LogP contribution in [0.15, 0.2) is 48.8 Å². The molecule has 8 nitrogen and oxygen atoms in total. The van der Waals surface area contributed by atoms with Crippen LogP contribution in [0, 0.1) is 11.5 Å². The highest BCUT2D eigenvalue weighted by molar-refractivity contribution is 6.04. The summed E-state index contributed by atoms with van der Waals surface area (Å²) in [6, 6.07) is 6.60. The molecule has 2 heterocycles. The lowest BCUT2D eigenvalue weighted by Gasteiger charge is -2.35. The van der Waals surface area contributed by atoms with Crippen molar-refractivity contribution >= 4 is 17.5 Å². The summed E-state index contributed by atoms with van der Waals surface area (Å²) in [4.78, 5) is 34.7. The van der Waals surface area contributed by atoms with E-state index in [-0.39, 0.29) is 43.1 Å². The van der Waals surface area contributed by atoms with Crippen LogP contribution in [0.25, 0.3) is 0 Å². The first-order chi connectivity index (χ1) is 19.1. The molecule has 40 heavy (non-hydrogen) atoms. The van der Waals surface area contributed by atoms with Gasteiger partial charge in [-0.15, -0.1) is 0 Å². The molecule has 212 valence electrons. The number of carbonyl (C=O) groups is 2. The van der Waals surface area contributed by atoms with Crippen LogP contribution in [0.2, 0.25) is 0 Å². The quantitative estimate of drug-likeness (QED) is 0.498. The Morgan fingerprint density at radius 3 is 2.42 bits per heavy atom. The fourth-order valence-electron chi connectivity index (χ4n) is 6.01. The highest BCUT2D eigenvalue weighted by atomic mass is 19.4. The lowest BCUT2D eigenvalue weighted by molar-refractivity contribution is -0.160. The van der Waals surface area contributed by atoms with E-state index < -0.39 is 41.6 Å². The second kappa shape index (κ2) is 11.1. The van der Waals surface area contributed by atoms with Gasteiger partial charge in [0.25, 0.3) is 5.91 Å². The average Bonchev–Trinajstić information content (AvgIpc) is 3.69. The van der Waals surface area contributed by atoms with Crippen LogP contribution >= 0.6 is 0 Å². The predicted octanol–water partition coefficient (Wildman–Crippen LogP) is 4.11. The van der Waals surface area contributed by atoms with Gasteiger partial charge in [0.1, 0.15) is 12.1 Å². The number of anilines is 1. The molecule has 0 radical (unpaired) electrons. The van der Waals surface area contributed by atoms with Crippen LogP contribution in [0.3, 0.4) is 0 Å². The van der Waals surface area contributed by atoms with Crippen molar-refractivity contribution < 1.29 is 27.9 Å². The van der Waals surface area contributed by atoms with E-state index in [0.29, 0.717) is 5.56 Å². The fourth-order valence-corrected chi connectivity index (χ4v) is 6.01. The first kappa shape index (κ1) is 27.9. The Kier molecular flexibility index (Phi) is 7.73. The third kappa shape index (κ3) is 5.37. The number of amides is 2. The van der Waals surface area contributed by atoms with Crippen LogP contribution in [-0.2, 0) is 15.0 Å². The maximum atomic E-state index is 14.2.